The molecule has 0 atom stereocenters. The van der Waals surface area contributed by atoms with E-state index in [0.717, 1.165) is 35.4 Å². The van der Waals surface area contributed by atoms with Crippen molar-refractivity contribution in [3.05, 3.63) is 95.8 Å². The number of anilines is 1. The van der Waals surface area contributed by atoms with Crippen molar-refractivity contribution in [2.45, 2.75) is 57.3 Å². The zero-order valence-corrected chi connectivity index (χ0v) is 23.6. The zero-order valence-electron chi connectivity index (χ0n) is 22.8. The summed E-state index contributed by atoms with van der Waals surface area (Å²) in [7, 11) is -4.11. The largest absolute Gasteiger partial charge is 0.439 e. The lowest BCUT2D eigenvalue weighted by Crippen LogP contribution is -2.15. The van der Waals surface area contributed by atoms with Gasteiger partial charge in [0, 0.05) is 0 Å². The Bertz CT molecular complexity index is 1460. The molecule has 0 aliphatic heterocycles. The summed E-state index contributed by atoms with van der Waals surface area (Å²) in [5, 5.41) is 0. The minimum Gasteiger partial charge on any atom is -0.439 e. The van der Waals surface area contributed by atoms with Crippen LogP contribution in [0.15, 0.2) is 83.8 Å². The van der Waals surface area contributed by atoms with Crippen molar-refractivity contribution in [1.82, 2.24) is 9.97 Å². The Balaban J connectivity index is 1.66. The summed E-state index contributed by atoms with van der Waals surface area (Å²) in [4.78, 5) is 8.34. The van der Waals surface area contributed by atoms with Gasteiger partial charge in [-0.2, -0.15) is 9.97 Å². The normalized spacial score (nSPS) is 12.2. The number of aromatic nitrogens is 2. The van der Waals surface area contributed by atoms with Crippen LogP contribution < -0.4 is 14.2 Å². The molecule has 0 saturated heterocycles. The quantitative estimate of drug-likeness (QED) is 0.255. The van der Waals surface area contributed by atoms with Crippen molar-refractivity contribution in [2.24, 2.45) is 0 Å². The first-order chi connectivity index (χ1) is 18.2. The first kappa shape index (κ1) is 28.0. The molecule has 4 rings (SSSR count). The second-order valence-corrected chi connectivity index (χ2v) is 12.9. The van der Waals surface area contributed by atoms with Crippen molar-refractivity contribution in [3.63, 3.8) is 0 Å². The SMILES string of the molecule is CC(C)(C)c1ccc(Oc2cc(Oc3ccc(C(C)(C)C)cc3)nc(NS(=O)(=O)c3ccc(F)cc3)n2)cc1. The van der Waals surface area contributed by atoms with Crippen LogP contribution in [0.25, 0.3) is 0 Å². The number of hydrogen-bond donors (Lipinski definition) is 1. The molecule has 39 heavy (non-hydrogen) atoms. The smallest absolute Gasteiger partial charge is 0.264 e. The van der Waals surface area contributed by atoms with Gasteiger partial charge in [0.15, 0.2) is 0 Å². The van der Waals surface area contributed by atoms with Crippen molar-refractivity contribution >= 4 is 16.0 Å². The molecular weight excluding hydrogens is 517 g/mol. The molecule has 4 aromatic rings. The van der Waals surface area contributed by atoms with E-state index < -0.39 is 15.8 Å². The van der Waals surface area contributed by atoms with Gasteiger partial charge in [-0.3, -0.25) is 0 Å². The maximum Gasteiger partial charge on any atom is 0.264 e. The Morgan fingerprint density at radius 1 is 0.667 bits per heavy atom. The number of benzene rings is 3. The second kappa shape index (κ2) is 10.6. The molecule has 1 aromatic heterocycles. The minimum absolute atomic E-state index is 0.0250. The van der Waals surface area contributed by atoms with Crippen LogP contribution in [0.1, 0.15) is 52.7 Å². The highest BCUT2D eigenvalue weighted by molar-refractivity contribution is 7.92. The molecule has 0 amide bonds. The summed E-state index contributed by atoms with van der Waals surface area (Å²) in [5.41, 5.74) is 2.21. The lowest BCUT2D eigenvalue weighted by atomic mass is 9.87. The number of halogens is 1. The number of nitrogens with one attached hydrogen (secondary N) is 1. The molecule has 0 unspecified atom stereocenters. The average Bonchev–Trinajstić information content (AvgIpc) is 2.83. The molecule has 1 heterocycles. The van der Waals surface area contributed by atoms with E-state index >= 15 is 0 Å². The van der Waals surface area contributed by atoms with Crippen LogP contribution in [0.4, 0.5) is 10.3 Å². The van der Waals surface area contributed by atoms with E-state index in [-0.39, 0.29) is 33.4 Å². The Morgan fingerprint density at radius 3 is 1.46 bits per heavy atom. The summed E-state index contributed by atoms with van der Waals surface area (Å²) in [6.45, 7) is 12.7. The van der Waals surface area contributed by atoms with Gasteiger partial charge in [-0.15, -0.1) is 0 Å². The minimum atomic E-state index is -4.11. The highest BCUT2D eigenvalue weighted by atomic mass is 32.2. The van der Waals surface area contributed by atoms with Crippen molar-refractivity contribution in [2.75, 3.05) is 4.72 Å². The summed E-state index contributed by atoms with van der Waals surface area (Å²) >= 11 is 0. The van der Waals surface area contributed by atoms with Crippen LogP contribution >= 0.6 is 0 Å². The van der Waals surface area contributed by atoms with Crippen LogP contribution in [0, 0.1) is 5.82 Å². The molecule has 204 valence electrons. The fourth-order valence-corrected chi connectivity index (χ4v) is 4.58. The average molecular weight is 550 g/mol. The maximum absolute atomic E-state index is 13.3. The fraction of sp³-hybridized carbons (Fsp3) is 0.267. The lowest BCUT2D eigenvalue weighted by Gasteiger charge is -2.19. The fourth-order valence-electron chi connectivity index (χ4n) is 3.63. The molecular formula is C30H32FN3O4S. The highest BCUT2D eigenvalue weighted by Crippen LogP contribution is 2.31. The monoisotopic (exact) mass is 549 g/mol. The Hall–Kier alpha value is -3.98. The molecule has 0 aliphatic carbocycles. The summed E-state index contributed by atoms with van der Waals surface area (Å²) < 4.78 is 53.4. The maximum atomic E-state index is 13.3. The predicted octanol–water partition coefficient (Wildman–Crippen LogP) is 7.60. The van der Waals surface area contributed by atoms with E-state index in [0.29, 0.717) is 11.5 Å². The number of rotatable bonds is 7. The van der Waals surface area contributed by atoms with Crippen LogP contribution in [0.5, 0.6) is 23.3 Å². The molecule has 3 aromatic carbocycles. The Labute approximate surface area is 229 Å². The van der Waals surface area contributed by atoms with E-state index in [1.54, 1.807) is 0 Å². The topological polar surface area (TPSA) is 90.4 Å². The molecule has 9 heteroatoms. The van der Waals surface area contributed by atoms with Crippen LogP contribution in [-0.2, 0) is 20.9 Å². The van der Waals surface area contributed by atoms with E-state index in [4.69, 9.17) is 9.47 Å². The standard InChI is InChI=1S/C30H32FN3O4S/c1-29(2,3)20-7-13-23(14-8-20)37-26-19-27(38-24-15-9-21(10-16-24)30(4,5)6)33-28(32-26)34-39(35,36)25-17-11-22(31)12-18-25/h7-19H,1-6H3,(H,32,33,34). The van der Waals surface area contributed by atoms with Crippen molar-refractivity contribution in [3.8, 4) is 23.3 Å². The van der Waals surface area contributed by atoms with Crippen molar-refractivity contribution < 1.29 is 22.3 Å². The van der Waals surface area contributed by atoms with Gasteiger partial charge in [0.2, 0.25) is 17.7 Å². The summed E-state index contributed by atoms with van der Waals surface area (Å²) in [6.07, 6.45) is 0. The van der Waals surface area contributed by atoms with Gasteiger partial charge in [-0.1, -0.05) is 65.8 Å². The third-order valence-corrected chi connectivity index (χ3v) is 7.26. The van der Waals surface area contributed by atoms with E-state index in [9.17, 15) is 12.8 Å². The van der Waals surface area contributed by atoms with E-state index in [1.165, 1.54) is 6.07 Å². The zero-order chi connectivity index (χ0) is 28.4. The lowest BCUT2D eigenvalue weighted by molar-refractivity contribution is 0.434. The van der Waals surface area contributed by atoms with Crippen molar-refractivity contribution in [1.29, 1.82) is 0 Å². The van der Waals surface area contributed by atoms with Gasteiger partial charge in [-0.25, -0.2) is 17.5 Å². The predicted molar refractivity (Wildman–Crippen MR) is 150 cm³/mol. The Kier molecular flexibility index (Phi) is 7.66. The third kappa shape index (κ3) is 7.32. The van der Waals surface area contributed by atoms with Crippen LogP contribution in [-0.4, -0.2) is 18.4 Å². The van der Waals surface area contributed by atoms with Crippen LogP contribution in [0.2, 0.25) is 0 Å². The van der Waals surface area contributed by atoms with Gasteiger partial charge < -0.3 is 9.47 Å². The number of nitrogens with zero attached hydrogens (tertiary/aromatic N) is 2. The van der Waals surface area contributed by atoms with Gasteiger partial charge in [0.05, 0.1) is 11.0 Å². The molecule has 7 nitrogen and oxygen atoms in total. The molecule has 0 bridgehead atoms. The Morgan fingerprint density at radius 2 is 1.08 bits per heavy atom. The first-order valence-electron chi connectivity index (χ1n) is 12.4. The summed E-state index contributed by atoms with van der Waals surface area (Å²) in [5.74, 6) is 0.359. The summed E-state index contributed by atoms with van der Waals surface area (Å²) in [6, 6.07) is 21.0. The second-order valence-electron chi connectivity index (χ2n) is 11.2. The van der Waals surface area contributed by atoms with Gasteiger partial charge >= 0.3 is 0 Å². The number of hydrogen-bond acceptors (Lipinski definition) is 6. The van der Waals surface area contributed by atoms with Crippen LogP contribution in [0.3, 0.4) is 0 Å². The molecule has 0 aliphatic rings. The molecule has 1 N–H and O–H groups in total. The van der Waals surface area contributed by atoms with E-state index in [2.05, 4.69) is 56.2 Å². The molecule has 0 saturated carbocycles. The van der Waals surface area contributed by atoms with Gasteiger partial charge in [0.1, 0.15) is 17.3 Å². The van der Waals surface area contributed by atoms with E-state index in [1.807, 2.05) is 48.5 Å². The molecule has 0 radical (unpaired) electrons. The number of sulfonamides is 1. The number of ether oxygens (including phenoxy) is 2. The highest BCUT2D eigenvalue weighted by Gasteiger charge is 2.19. The first-order valence-corrected chi connectivity index (χ1v) is 13.9. The van der Waals surface area contributed by atoms with Gasteiger partial charge in [0.25, 0.3) is 10.0 Å². The third-order valence-electron chi connectivity index (χ3n) is 5.91. The molecule has 0 spiro atoms. The molecule has 0 fully saturated rings. The van der Waals surface area contributed by atoms with Gasteiger partial charge in [-0.05, 0) is 70.5 Å².